The van der Waals surface area contributed by atoms with E-state index >= 15 is 0 Å². The van der Waals surface area contributed by atoms with Crippen molar-refractivity contribution in [3.63, 3.8) is 0 Å². The minimum atomic E-state index is -0.779. The molecule has 0 aliphatic heterocycles. The fourth-order valence-electron chi connectivity index (χ4n) is 3.83. The van der Waals surface area contributed by atoms with Crippen LogP contribution >= 0.6 is 0 Å². The van der Waals surface area contributed by atoms with E-state index in [0.717, 1.165) is 16.7 Å². The molecular weight excluding hydrogens is 466 g/mol. The summed E-state index contributed by atoms with van der Waals surface area (Å²) in [6, 6.07) is 33.7. The number of hydrogen-bond acceptors (Lipinski definition) is 6. The van der Waals surface area contributed by atoms with Crippen LogP contribution in [0, 0.1) is 0 Å². The summed E-state index contributed by atoms with van der Waals surface area (Å²) in [6.07, 6.45) is 0. The number of ether oxygens (including phenoxy) is 2. The molecule has 182 valence electrons. The predicted octanol–water partition coefficient (Wildman–Crippen LogP) is 5.65. The average molecular weight is 490 g/mol. The van der Waals surface area contributed by atoms with Gasteiger partial charge in [0.2, 0.25) is 0 Å². The number of aromatic nitrogens is 3. The van der Waals surface area contributed by atoms with E-state index in [-0.39, 0.29) is 11.6 Å². The van der Waals surface area contributed by atoms with Crippen LogP contribution in [-0.4, -0.2) is 40.2 Å². The summed E-state index contributed by atoms with van der Waals surface area (Å²) < 4.78 is 12.1. The van der Waals surface area contributed by atoms with Crippen molar-refractivity contribution in [1.82, 2.24) is 14.8 Å². The molecule has 1 heterocycles. The molecule has 0 spiro atoms. The fraction of sp³-hybridized carbons (Fsp3) is 0.0667. The van der Waals surface area contributed by atoms with Crippen molar-refractivity contribution >= 4 is 11.8 Å². The molecule has 5 aromatic rings. The van der Waals surface area contributed by atoms with Gasteiger partial charge < -0.3 is 9.47 Å². The van der Waals surface area contributed by atoms with Crippen LogP contribution < -0.4 is 4.74 Å². The van der Waals surface area contributed by atoms with Gasteiger partial charge in [0.05, 0.1) is 12.8 Å². The van der Waals surface area contributed by atoms with Crippen molar-refractivity contribution in [2.45, 2.75) is 0 Å². The lowest BCUT2D eigenvalue weighted by atomic mass is 10.0. The van der Waals surface area contributed by atoms with Gasteiger partial charge in [0.25, 0.3) is 5.82 Å². The zero-order chi connectivity index (χ0) is 25.6. The standard InChI is InChI=1S/C30H23N3O4/c1-36-26-18-16-25(17-19-26)33-29(24-10-6-3-7-11-24)31-28(32-33)30(35)37-20-27(34)23-14-12-22(13-15-23)21-8-4-2-5-9-21/h2-19H,20H2,1H3. The van der Waals surface area contributed by atoms with E-state index in [1.165, 1.54) is 0 Å². The number of benzene rings is 4. The molecule has 0 bridgehead atoms. The second-order valence-electron chi connectivity index (χ2n) is 8.18. The molecule has 0 saturated heterocycles. The van der Waals surface area contributed by atoms with Gasteiger partial charge >= 0.3 is 5.97 Å². The van der Waals surface area contributed by atoms with Crippen molar-refractivity contribution < 1.29 is 19.1 Å². The van der Waals surface area contributed by atoms with Gasteiger partial charge in [-0.2, -0.15) is 0 Å². The van der Waals surface area contributed by atoms with Crippen LogP contribution in [0.5, 0.6) is 5.75 Å². The highest BCUT2D eigenvalue weighted by atomic mass is 16.5. The predicted molar refractivity (Wildman–Crippen MR) is 140 cm³/mol. The number of Topliss-reactive ketones (excluding diaryl/α,β-unsaturated/α-hetero) is 1. The molecule has 5 rings (SSSR count). The Balaban J connectivity index is 1.33. The van der Waals surface area contributed by atoms with Gasteiger partial charge in [0.1, 0.15) is 5.75 Å². The summed E-state index contributed by atoms with van der Waals surface area (Å²) in [6.45, 7) is -0.415. The number of esters is 1. The van der Waals surface area contributed by atoms with E-state index in [1.807, 2.05) is 84.9 Å². The molecule has 7 heteroatoms. The second kappa shape index (κ2) is 10.7. The minimum Gasteiger partial charge on any atom is -0.497 e. The zero-order valence-electron chi connectivity index (χ0n) is 20.1. The van der Waals surface area contributed by atoms with Crippen LogP contribution in [0.25, 0.3) is 28.2 Å². The SMILES string of the molecule is COc1ccc(-n2nc(C(=O)OCC(=O)c3ccc(-c4ccccc4)cc3)nc2-c2ccccc2)cc1. The zero-order valence-corrected chi connectivity index (χ0v) is 20.1. The van der Waals surface area contributed by atoms with Crippen LogP contribution in [0.1, 0.15) is 21.0 Å². The molecule has 0 aliphatic rings. The first kappa shape index (κ1) is 23.7. The van der Waals surface area contributed by atoms with Crippen molar-refractivity contribution in [2.75, 3.05) is 13.7 Å². The van der Waals surface area contributed by atoms with Gasteiger partial charge in [0, 0.05) is 11.1 Å². The lowest BCUT2D eigenvalue weighted by Gasteiger charge is -2.07. The first-order valence-corrected chi connectivity index (χ1v) is 11.6. The van der Waals surface area contributed by atoms with Gasteiger partial charge in [-0.3, -0.25) is 4.79 Å². The maximum absolute atomic E-state index is 12.8. The molecule has 4 aromatic carbocycles. The molecule has 0 radical (unpaired) electrons. The fourth-order valence-corrected chi connectivity index (χ4v) is 3.83. The summed E-state index contributed by atoms with van der Waals surface area (Å²) in [5, 5.41) is 4.39. The molecule has 0 aliphatic carbocycles. The molecule has 7 nitrogen and oxygen atoms in total. The molecular formula is C30H23N3O4. The summed E-state index contributed by atoms with van der Waals surface area (Å²) in [7, 11) is 1.59. The number of methoxy groups -OCH3 is 1. The highest BCUT2D eigenvalue weighted by Gasteiger charge is 2.21. The Kier molecular flexibility index (Phi) is 6.85. The van der Waals surface area contributed by atoms with Crippen molar-refractivity contribution in [3.8, 4) is 34.0 Å². The highest BCUT2D eigenvalue weighted by Crippen LogP contribution is 2.23. The topological polar surface area (TPSA) is 83.3 Å². The Labute approximate surface area is 213 Å². The maximum Gasteiger partial charge on any atom is 0.378 e. The van der Waals surface area contributed by atoms with Crippen molar-refractivity contribution in [1.29, 1.82) is 0 Å². The maximum atomic E-state index is 12.8. The van der Waals surface area contributed by atoms with Gasteiger partial charge in [0.15, 0.2) is 18.2 Å². The normalized spacial score (nSPS) is 10.6. The Hall–Kier alpha value is -5.04. The molecule has 1 aromatic heterocycles. The number of carbonyl (C=O) groups is 2. The summed E-state index contributed by atoms with van der Waals surface area (Å²) in [5.74, 6) is -0.0629. The first-order chi connectivity index (χ1) is 18.1. The van der Waals surface area contributed by atoms with Crippen LogP contribution in [0.3, 0.4) is 0 Å². The lowest BCUT2D eigenvalue weighted by molar-refractivity contribution is 0.0462. The largest absolute Gasteiger partial charge is 0.497 e. The molecule has 0 amide bonds. The van der Waals surface area contributed by atoms with E-state index < -0.39 is 12.6 Å². The summed E-state index contributed by atoms with van der Waals surface area (Å²) >= 11 is 0. The number of nitrogens with zero attached hydrogens (tertiary/aromatic N) is 3. The molecule has 37 heavy (non-hydrogen) atoms. The molecule has 0 unspecified atom stereocenters. The van der Waals surface area contributed by atoms with E-state index in [2.05, 4.69) is 10.1 Å². The Morgan fingerprint density at radius 1 is 0.730 bits per heavy atom. The minimum absolute atomic E-state index is 0.137. The Morgan fingerprint density at radius 3 is 1.95 bits per heavy atom. The van der Waals surface area contributed by atoms with E-state index in [0.29, 0.717) is 22.8 Å². The van der Waals surface area contributed by atoms with Crippen LogP contribution in [-0.2, 0) is 4.74 Å². The Morgan fingerprint density at radius 2 is 1.32 bits per heavy atom. The number of rotatable bonds is 8. The molecule has 0 N–H and O–H groups in total. The molecule has 0 fully saturated rings. The van der Waals surface area contributed by atoms with Gasteiger partial charge in [-0.05, 0) is 35.4 Å². The number of ketones is 1. The summed E-state index contributed by atoms with van der Waals surface area (Å²) in [4.78, 5) is 29.9. The summed E-state index contributed by atoms with van der Waals surface area (Å²) in [5.41, 5.74) is 3.98. The van der Waals surface area contributed by atoms with Gasteiger partial charge in [-0.25, -0.2) is 14.5 Å². The van der Waals surface area contributed by atoms with Crippen LogP contribution in [0.2, 0.25) is 0 Å². The average Bonchev–Trinajstić information content (AvgIpc) is 3.42. The number of hydrogen-bond donors (Lipinski definition) is 0. The van der Waals surface area contributed by atoms with Crippen molar-refractivity contribution in [3.05, 3.63) is 121 Å². The van der Waals surface area contributed by atoms with Crippen molar-refractivity contribution in [2.24, 2.45) is 0 Å². The number of carbonyl (C=O) groups excluding carboxylic acids is 2. The van der Waals surface area contributed by atoms with E-state index in [1.54, 1.807) is 36.1 Å². The van der Waals surface area contributed by atoms with E-state index in [4.69, 9.17) is 9.47 Å². The first-order valence-electron chi connectivity index (χ1n) is 11.6. The second-order valence-corrected chi connectivity index (χ2v) is 8.18. The van der Waals surface area contributed by atoms with E-state index in [9.17, 15) is 9.59 Å². The Bertz CT molecular complexity index is 1510. The molecule has 0 atom stereocenters. The van der Waals surface area contributed by atoms with Crippen LogP contribution in [0.15, 0.2) is 109 Å². The smallest absolute Gasteiger partial charge is 0.378 e. The van der Waals surface area contributed by atoms with Crippen LogP contribution in [0.4, 0.5) is 0 Å². The third-order valence-electron chi connectivity index (χ3n) is 5.79. The third kappa shape index (κ3) is 5.31. The lowest BCUT2D eigenvalue weighted by Crippen LogP contribution is -2.15. The van der Waals surface area contributed by atoms with Gasteiger partial charge in [-0.1, -0.05) is 84.9 Å². The quantitative estimate of drug-likeness (QED) is 0.207. The molecule has 0 saturated carbocycles. The monoisotopic (exact) mass is 489 g/mol. The third-order valence-corrected chi connectivity index (χ3v) is 5.79. The highest BCUT2D eigenvalue weighted by molar-refractivity contribution is 5.99. The van der Waals surface area contributed by atoms with Gasteiger partial charge in [-0.15, -0.1) is 5.10 Å².